The summed E-state index contributed by atoms with van der Waals surface area (Å²) in [6.07, 6.45) is 0. The number of anilines is 1. The molecule has 0 spiro atoms. The van der Waals surface area contributed by atoms with Crippen LogP contribution >= 0.6 is 23.2 Å². The number of nitrogen functional groups attached to an aromatic ring is 1. The summed E-state index contributed by atoms with van der Waals surface area (Å²) in [6.45, 7) is 0. The molecular weight excluding hydrogens is 257 g/mol. The molecular formula is C12H7Cl2N3. The maximum atomic E-state index is 8.80. The normalized spacial score (nSPS) is 9.94. The summed E-state index contributed by atoms with van der Waals surface area (Å²) in [4.78, 5) is 4.14. The molecule has 0 bridgehead atoms. The minimum Gasteiger partial charge on any atom is -0.397 e. The Balaban J connectivity index is 2.63. The first-order valence-corrected chi connectivity index (χ1v) is 5.49. The molecule has 1 aromatic heterocycles. The van der Waals surface area contributed by atoms with Crippen molar-refractivity contribution >= 4 is 28.9 Å². The lowest BCUT2D eigenvalue weighted by atomic mass is 10.1. The van der Waals surface area contributed by atoms with Crippen molar-refractivity contribution in [1.82, 2.24) is 4.98 Å². The number of hydrogen-bond donors (Lipinski definition) is 1. The lowest BCUT2D eigenvalue weighted by Gasteiger charge is -2.06. The first-order chi connectivity index (χ1) is 8.10. The summed E-state index contributed by atoms with van der Waals surface area (Å²) >= 11 is 11.8. The van der Waals surface area contributed by atoms with Gasteiger partial charge in [0.1, 0.15) is 11.8 Å². The smallest absolute Gasteiger partial charge is 0.141 e. The highest BCUT2D eigenvalue weighted by atomic mass is 35.5. The van der Waals surface area contributed by atoms with E-state index in [9.17, 15) is 0 Å². The standard InChI is InChI=1S/C12H7Cl2N3/c13-8-3-7(4-9(14)5-8)12-11(16)2-1-10(6-15)17-12/h1-5H,16H2. The third-order valence-electron chi connectivity index (χ3n) is 2.18. The van der Waals surface area contributed by atoms with Gasteiger partial charge < -0.3 is 5.73 Å². The fourth-order valence-corrected chi connectivity index (χ4v) is 1.98. The molecule has 0 saturated carbocycles. The summed E-state index contributed by atoms with van der Waals surface area (Å²) < 4.78 is 0. The number of halogens is 2. The van der Waals surface area contributed by atoms with Gasteiger partial charge in [-0.15, -0.1) is 0 Å². The van der Waals surface area contributed by atoms with Gasteiger partial charge in [-0.1, -0.05) is 23.2 Å². The van der Waals surface area contributed by atoms with Crippen molar-refractivity contribution in [3.8, 4) is 17.3 Å². The average Bonchev–Trinajstić information content (AvgIpc) is 2.28. The number of nitrogens with two attached hydrogens (primary N) is 1. The van der Waals surface area contributed by atoms with Gasteiger partial charge in [0.15, 0.2) is 0 Å². The van der Waals surface area contributed by atoms with Gasteiger partial charge >= 0.3 is 0 Å². The maximum Gasteiger partial charge on any atom is 0.141 e. The highest BCUT2D eigenvalue weighted by Gasteiger charge is 2.08. The predicted octanol–water partition coefficient (Wildman–Crippen LogP) is 3.51. The Morgan fingerprint density at radius 1 is 1.12 bits per heavy atom. The molecule has 1 aromatic carbocycles. The summed E-state index contributed by atoms with van der Waals surface area (Å²) in [5, 5.41) is 9.80. The molecule has 5 heteroatoms. The molecule has 0 saturated heterocycles. The second-order valence-corrected chi connectivity index (χ2v) is 4.28. The van der Waals surface area contributed by atoms with E-state index in [1.807, 2.05) is 6.07 Å². The van der Waals surface area contributed by atoms with Crippen LogP contribution in [0.25, 0.3) is 11.3 Å². The van der Waals surface area contributed by atoms with Crippen LogP contribution in [0.2, 0.25) is 10.0 Å². The van der Waals surface area contributed by atoms with Crippen molar-refractivity contribution in [2.24, 2.45) is 0 Å². The Morgan fingerprint density at radius 3 is 2.35 bits per heavy atom. The van der Waals surface area contributed by atoms with E-state index in [0.29, 0.717) is 32.7 Å². The third-order valence-corrected chi connectivity index (χ3v) is 2.61. The monoisotopic (exact) mass is 263 g/mol. The zero-order valence-electron chi connectivity index (χ0n) is 8.61. The van der Waals surface area contributed by atoms with Gasteiger partial charge in [0.25, 0.3) is 0 Å². The van der Waals surface area contributed by atoms with Crippen molar-refractivity contribution in [2.45, 2.75) is 0 Å². The maximum absolute atomic E-state index is 8.80. The number of hydrogen-bond acceptors (Lipinski definition) is 3. The second-order valence-electron chi connectivity index (χ2n) is 3.40. The van der Waals surface area contributed by atoms with E-state index >= 15 is 0 Å². The van der Waals surface area contributed by atoms with E-state index in [1.165, 1.54) is 0 Å². The van der Waals surface area contributed by atoms with Crippen LogP contribution in [0.1, 0.15) is 5.69 Å². The lowest BCUT2D eigenvalue weighted by Crippen LogP contribution is -1.95. The molecule has 0 amide bonds. The van der Waals surface area contributed by atoms with E-state index in [-0.39, 0.29) is 0 Å². The van der Waals surface area contributed by atoms with Crippen LogP contribution in [0.15, 0.2) is 30.3 Å². The first kappa shape index (κ1) is 11.7. The Hall–Kier alpha value is -1.76. The van der Waals surface area contributed by atoms with Crippen LogP contribution in [-0.4, -0.2) is 4.98 Å². The molecule has 84 valence electrons. The van der Waals surface area contributed by atoms with Crippen molar-refractivity contribution in [1.29, 1.82) is 5.26 Å². The molecule has 3 nitrogen and oxygen atoms in total. The van der Waals surface area contributed by atoms with Crippen LogP contribution in [0.4, 0.5) is 5.69 Å². The van der Waals surface area contributed by atoms with Crippen molar-refractivity contribution < 1.29 is 0 Å². The molecule has 1 heterocycles. The molecule has 0 radical (unpaired) electrons. The summed E-state index contributed by atoms with van der Waals surface area (Å²) in [5.74, 6) is 0. The number of aromatic nitrogens is 1. The molecule has 2 rings (SSSR count). The van der Waals surface area contributed by atoms with Crippen LogP contribution in [0.5, 0.6) is 0 Å². The average molecular weight is 264 g/mol. The van der Waals surface area contributed by atoms with Crippen molar-refractivity contribution in [2.75, 3.05) is 5.73 Å². The molecule has 0 atom stereocenters. The molecule has 0 fully saturated rings. The minimum atomic E-state index is 0.297. The number of pyridine rings is 1. The Bertz CT molecular complexity index is 597. The number of benzene rings is 1. The Labute approximate surface area is 108 Å². The van der Waals surface area contributed by atoms with Gasteiger partial charge in [0.2, 0.25) is 0 Å². The van der Waals surface area contributed by atoms with Crippen molar-refractivity contribution in [3.05, 3.63) is 46.1 Å². The van der Waals surface area contributed by atoms with Crippen LogP contribution < -0.4 is 5.73 Å². The fraction of sp³-hybridized carbons (Fsp3) is 0. The molecule has 2 N–H and O–H groups in total. The number of nitrogens with zero attached hydrogens (tertiary/aromatic N) is 2. The molecule has 0 aliphatic heterocycles. The fourth-order valence-electron chi connectivity index (χ4n) is 1.45. The predicted molar refractivity (Wildman–Crippen MR) is 68.8 cm³/mol. The second kappa shape index (κ2) is 4.62. The Morgan fingerprint density at radius 2 is 1.76 bits per heavy atom. The zero-order valence-corrected chi connectivity index (χ0v) is 10.1. The van der Waals surface area contributed by atoms with Gasteiger partial charge in [-0.25, -0.2) is 4.98 Å². The van der Waals surface area contributed by atoms with Crippen LogP contribution in [0.3, 0.4) is 0 Å². The molecule has 0 unspecified atom stereocenters. The number of rotatable bonds is 1. The van der Waals surface area contributed by atoms with E-state index in [1.54, 1.807) is 30.3 Å². The molecule has 0 aliphatic rings. The lowest BCUT2D eigenvalue weighted by molar-refractivity contribution is 1.27. The van der Waals surface area contributed by atoms with E-state index in [0.717, 1.165) is 0 Å². The van der Waals surface area contributed by atoms with Gasteiger partial charge in [-0.3, -0.25) is 0 Å². The minimum absolute atomic E-state index is 0.297. The van der Waals surface area contributed by atoms with Gasteiger partial charge in [-0.05, 0) is 30.3 Å². The van der Waals surface area contributed by atoms with E-state index < -0.39 is 0 Å². The van der Waals surface area contributed by atoms with Gasteiger partial charge in [0.05, 0.1) is 11.4 Å². The van der Waals surface area contributed by atoms with Crippen LogP contribution in [-0.2, 0) is 0 Å². The van der Waals surface area contributed by atoms with E-state index in [2.05, 4.69) is 4.98 Å². The largest absolute Gasteiger partial charge is 0.397 e. The van der Waals surface area contributed by atoms with Crippen LogP contribution in [0, 0.1) is 11.3 Å². The summed E-state index contributed by atoms with van der Waals surface area (Å²) in [7, 11) is 0. The summed E-state index contributed by atoms with van der Waals surface area (Å²) in [5.41, 5.74) is 7.79. The molecule has 2 aromatic rings. The van der Waals surface area contributed by atoms with Gasteiger partial charge in [-0.2, -0.15) is 5.26 Å². The molecule has 0 aliphatic carbocycles. The highest BCUT2D eigenvalue weighted by molar-refractivity contribution is 6.35. The number of nitriles is 1. The molecule has 17 heavy (non-hydrogen) atoms. The van der Waals surface area contributed by atoms with Gasteiger partial charge in [0, 0.05) is 15.6 Å². The third kappa shape index (κ3) is 2.50. The zero-order chi connectivity index (χ0) is 12.4. The topological polar surface area (TPSA) is 62.7 Å². The Kier molecular flexibility index (Phi) is 3.19. The van der Waals surface area contributed by atoms with Crippen molar-refractivity contribution in [3.63, 3.8) is 0 Å². The summed E-state index contributed by atoms with van der Waals surface area (Å²) in [6, 6.07) is 10.2. The SMILES string of the molecule is N#Cc1ccc(N)c(-c2cc(Cl)cc(Cl)c2)n1. The first-order valence-electron chi connectivity index (χ1n) is 4.73. The quantitative estimate of drug-likeness (QED) is 0.857. The highest BCUT2D eigenvalue weighted by Crippen LogP contribution is 2.29. The van der Waals surface area contributed by atoms with E-state index in [4.69, 9.17) is 34.2 Å².